The van der Waals surface area contributed by atoms with Crippen molar-refractivity contribution in [1.29, 1.82) is 0 Å². The van der Waals surface area contributed by atoms with E-state index >= 15 is 0 Å². The maximum atomic E-state index is 13.4. The van der Waals surface area contributed by atoms with Gasteiger partial charge in [-0.3, -0.25) is 4.79 Å². The van der Waals surface area contributed by atoms with Crippen molar-refractivity contribution in [2.75, 3.05) is 18.5 Å². The Labute approximate surface area is 198 Å². The number of nitrogens with one attached hydrogen (secondary N) is 1. The number of hydrogen-bond acceptors (Lipinski definition) is 4. The molecule has 0 bridgehead atoms. The van der Waals surface area contributed by atoms with Crippen LogP contribution in [0.2, 0.25) is 0 Å². The first-order valence-corrected chi connectivity index (χ1v) is 11.3. The van der Waals surface area contributed by atoms with Crippen molar-refractivity contribution < 1.29 is 9.53 Å². The van der Waals surface area contributed by atoms with Crippen molar-refractivity contribution in [1.82, 2.24) is 14.5 Å². The lowest BCUT2D eigenvalue weighted by molar-refractivity contribution is 0.208. The molecule has 0 aliphatic carbocycles. The molecule has 0 aliphatic rings. The van der Waals surface area contributed by atoms with Crippen LogP contribution in [0.4, 0.5) is 10.5 Å². The summed E-state index contributed by atoms with van der Waals surface area (Å²) in [5.74, 6) is 0.598. The predicted molar refractivity (Wildman–Crippen MR) is 134 cm³/mol. The van der Waals surface area contributed by atoms with Gasteiger partial charge in [-0.1, -0.05) is 54.6 Å². The van der Waals surface area contributed by atoms with Gasteiger partial charge in [-0.05, 0) is 43.2 Å². The summed E-state index contributed by atoms with van der Waals surface area (Å²) in [6, 6.07) is 24.4. The third kappa shape index (κ3) is 5.26. The zero-order valence-electron chi connectivity index (χ0n) is 19.4. The van der Waals surface area contributed by atoms with Crippen LogP contribution in [0.25, 0.3) is 11.0 Å². The Bertz CT molecular complexity index is 1330. The number of urea groups is 1. The molecule has 0 fully saturated rings. The topological polar surface area (TPSA) is 76.5 Å². The third-order valence-electron chi connectivity index (χ3n) is 5.62. The van der Waals surface area contributed by atoms with Crippen LogP contribution in [0, 0.1) is 0 Å². The Balaban J connectivity index is 1.63. The molecular formula is C27H28N4O3. The molecule has 1 N–H and O–H groups in total. The van der Waals surface area contributed by atoms with Crippen molar-refractivity contribution in [3.63, 3.8) is 0 Å². The molecule has 0 saturated carbocycles. The number of hydrogen-bond donors (Lipinski definition) is 1. The maximum Gasteiger partial charge on any atom is 0.322 e. The molecule has 3 aromatic carbocycles. The van der Waals surface area contributed by atoms with Crippen molar-refractivity contribution in [2.45, 2.75) is 19.9 Å². The molecular weight excluding hydrogens is 428 g/mol. The van der Waals surface area contributed by atoms with Gasteiger partial charge in [0.2, 0.25) is 0 Å². The first-order chi connectivity index (χ1) is 16.6. The first-order valence-electron chi connectivity index (χ1n) is 11.3. The molecule has 0 atom stereocenters. The highest BCUT2D eigenvalue weighted by molar-refractivity contribution is 5.91. The second kappa shape index (κ2) is 10.7. The monoisotopic (exact) mass is 456 g/mol. The number of carbonyl (C=O) groups is 1. The number of carbonyl (C=O) groups excluding carboxylic acids is 1. The largest absolute Gasteiger partial charge is 0.492 e. The molecule has 1 heterocycles. The predicted octanol–water partition coefficient (Wildman–Crippen LogP) is 4.61. The third-order valence-corrected chi connectivity index (χ3v) is 5.62. The van der Waals surface area contributed by atoms with Gasteiger partial charge in [-0.15, -0.1) is 0 Å². The molecule has 0 saturated heterocycles. The van der Waals surface area contributed by atoms with Crippen molar-refractivity contribution in [3.8, 4) is 5.75 Å². The normalized spacial score (nSPS) is 10.8. The van der Waals surface area contributed by atoms with Crippen LogP contribution in [0.5, 0.6) is 5.75 Å². The molecule has 1 aromatic heterocycles. The lowest BCUT2D eigenvalue weighted by atomic mass is 10.1. The number of ether oxygens (including phenoxy) is 1. The average molecular weight is 457 g/mol. The zero-order valence-corrected chi connectivity index (χ0v) is 19.4. The molecule has 4 rings (SSSR count). The highest BCUT2D eigenvalue weighted by Gasteiger charge is 2.19. The van der Waals surface area contributed by atoms with E-state index in [9.17, 15) is 9.59 Å². The fourth-order valence-corrected chi connectivity index (χ4v) is 3.83. The van der Waals surface area contributed by atoms with Gasteiger partial charge in [0, 0.05) is 13.6 Å². The Morgan fingerprint density at radius 1 is 1.00 bits per heavy atom. The molecule has 4 aromatic rings. The lowest BCUT2D eigenvalue weighted by Gasteiger charge is -2.24. The van der Waals surface area contributed by atoms with Gasteiger partial charge in [-0.25, -0.2) is 9.78 Å². The van der Waals surface area contributed by atoms with Gasteiger partial charge < -0.3 is 19.5 Å². The summed E-state index contributed by atoms with van der Waals surface area (Å²) in [6.07, 6.45) is 0.648. The summed E-state index contributed by atoms with van der Waals surface area (Å²) in [6.45, 7) is 2.89. The van der Waals surface area contributed by atoms with Crippen molar-refractivity contribution >= 4 is 22.8 Å². The Hall–Kier alpha value is -4.13. The molecule has 174 valence electrons. The van der Waals surface area contributed by atoms with Crippen LogP contribution in [0.15, 0.2) is 83.7 Å². The average Bonchev–Trinajstić information content (AvgIpc) is 2.86. The van der Waals surface area contributed by atoms with E-state index in [2.05, 4.69) is 10.3 Å². The summed E-state index contributed by atoms with van der Waals surface area (Å²) < 4.78 is 7.23. The maximum absolute atomic E-state index is 13.4. The molecule has 0 aliphatic heterocycles. The fraction of sp³-hybridized carbons (Fsp3) is 0.222. The Morgan fingerprint density at radius 2 is 1.71 bits per heavy atom. The van der Waals surface area contributed by atoms with Crippen LogP contribution in [-0.2, 0) is 20.0 Å². The van der Waals surface area contributed by atoms with Crippen molar-refractivity contribution in [2.24, 2.45) is 7.05 Å². The van der Waals surface area contributed by atoms with E-state index in [1.807, 2.05) is 79.7 Å². The van der Waals surface area contributed by atoms with Crippen molar-refractivity contribution in [3.05, 3.63) is 100 Å². The highest BCUT2D eigenvalue weighted by atomic mass is 16.5. The summed E-state index contributed by atoms with van der Waals surface area (Å²) in [7, 11) is 1.72. The number of para-hydroxylation sites is 4. The van der Waals surface area contributed by atoms with Gasteiger partial charge >= 0.3 is 6.03 Å². The van der Waals surface area contributed by atoms with E-state index in [1.165, 1.54) is 0 Å². The molecule has 7 heteroatoms. The van der Waals surface area contributed by atoms with Crippen LogP contribution in [0.3, 0.4) is 0 Å². The Morgan fingerprint density at radius 3 is 2.50 bits per heavy atom. The van der Waals surface area contributed by atoms with Gasteiger partial charge in [0.05, 0.1) is 29.9 Å². The van der Waals surface area contributed by atoms with Crippen LogP contribution >= 0.6 is 0 Å². The number of anilines is 1. The van der Waals surface area contributed by atoms with E-state index in [4.69, 9.17) is 4.74 Å². The number of benzene rings is 3. The molecule has 0 radical (unpaired) electrons. The number of amides is 2. The molecule has 34 heavy (non-hydrogen) atoms. The minimum Gasteiger partial charge on any atom is -0.492 e. The SMILES string of the molecule is CCOc1ccccc1NC(=O)N(CCc1ccccc1)Cc1nc2ccccc2n(C)c1=O. The van der Waals surface area contributed by atoms with E-state index in [1.54, 1.807) is 22.6 Å². The Kier molecular flexibility index (Phi) is 7.22. The summed E-state index contributed by atoms with van der Waals surface area (Å²) in [4.78, 5) is 32.6. The number of fused-ring (bicyclic) bond motifs is 1. The smallest absolute Gasteiger partial charge is 0.322 e. The number of rotatable bonds is 8. The first kappa shape index (κ1) is 23.0. The standard InChI is InChI=1S/C27H28N4O3/c1-3-34-25-16-10-8-14-22(25)29-27(33)31(18-17-20-11-5-4-6-12-20)19-23-26(32)30(2)24-15-9-7-13-21(24)28-23/h4-16H,3,17-19H2,1-2H3,(H,29,33). The van der Waals surface area contributed by atoms with E-state index in [0.29, 0.717) is 42.2 Å². The molecule has 0 unspecified atom stereocenters. The zero-order chi connectivity index (χ0) is 23.9. The number of aryl methyl sites for hydroxylation is 1. The second-order valence-electron chi connectivity index (χ2n) is 7.93. The molecule has 7 nitrogen and oxygen atoms in total. The van der Waals surface area contributed by atoms with Gasteiger partial charge in [-0.2, -0.15) is 0 Å². The van der Waals surface area contributed by atoms with E-state index in [-0.39, 0.29) is 18.1 Å². The van der Waals surface area contributed by atoms with Crippen LogP contribution in [0.1, 0.15) is 18.2 Å². The summed E-state index contributed by atoms with van der Waals surface area (Å²) in [5.41, 5.74) is 3.26. The summed E-state index contributed by atoms with van der Waals surface area (Å²) in [5, 5.41) is 2.95. The van der Waals surface area contributed by atoms with Crippen LogP contribution in [-0.4, -0.2) is 33.6 Å². The highest BCUT2D eigenvalue weighted by Crippen LogP contribution is 2.24. The van der Waals surface area contributed by atoms with Gasteiger partial charge in [0.1, 0.15) is 11.4 Å². The number of aromatic nitrogens is 2. The molecule has 2 amide bonds. The van der Waals surface area contributed by atoms with E-state index < -0.39 is 0 Å². The van der Waals surface area contributed by atoms with Gasteiger partial charge in [0.25, 0.3) is 5.56 Å². The minimum absolute atomic E-state index is 0.0903. The van der Waals surface area contributed by atoms with E-state index in [0.717, 1.165) is 11.1 Å². The number of nitrogens with zero attached hydrogens (tertiary/aromatic N) is 3. The second-order valence-corrected chi connectivity index (χ2v) is 7.93. The van der Waals surface area contributed by atoms with Gasteiger partial charge in [0.15, 0.2) is 0 Å². The fourth-order valence-electron chi connectivity index (χ4n) is 3.83. The van der Waals surface area contributed by atoms with Crippen LogP contribution < -0.4 is 15.6 Å². The molecule has 0 spiro atoms. The quantitative estimate of drug-likeness (QED) is 0.420. The minimum atomic E-state index is -0.319. The summed E-state index contributed by atoms with van der Waals surface area (Å²) >= 11 is 0. The lowest BCUT2D eigenvalue weighted by Crippen LogP contribution is -2.39.